The third kappa shape index (κ3) is 4.45. The van der Waals surface area contributed by atoms with Crippen LogP contribution in [-0.4, -0.2) is 22.1 Å². The summed E-state index contributed by atoms with van der Waals surface area (Å²) in [5.74, 6) is 0. The normalized spacial score (nSPS) is 10.7. The molecule has 33 heavy (non-hydrogen) atoms. The van der Waals surface area contributed by atoms with Gasteiger partial charge in [0.25, 0.3) is 0 Å². The minimum Gasteiger partial charge on any atom is -0.332 e. The zero-order chi connectivity index (χ0) is 22.6. The number of hydrogen-bond donors (Lipinski definition) is 1. The summed E-state index contributed by atoms with van der Waals surface area (Å²) in [6, 6.07) is 36.3. The molecule has 0 aliphatic heterocycles. The minimum atomic E-state index is 0.609. The molecule has 0 bridgehead atoms. The molecule has 5 heteroatoms. The van der Waals surface area contributed by atoms with Gasteiger partial charge in [0.2, 0.25) is 0 Å². The van der Waals surface area contributed by atoms with Crippen molar-refractivity contribution in [1.82, 2.24) is 9.97 Å². The lowest BCUT2D eigenvalue weighted by Gasteiger charge is -2.21. The van der Waals surface area contributed by atoms with Crippen molar-refractivity contribution in [3.05, 3.63) is 109 Å². The molecule has 0 aliphatic carbocycles. The Kier molecular flexibility index (Phi) is 5.79. The highest BCUT2D eigenvalue weighted by Gasteiger charge is 2.14. The number of hydrogen-bond acceptors (Lipinski definition) is 3. The average molecular weight is 447 g/mol. The first-order valence-corrected chi connectivity index (χ1v) is 11.1. The van der Waals surface area contributed by atoms with Gasteiger partial charge in [0.15, 0.2) is 5.11 Å². The molecule has 0 fully saturated rings. The zero-order valence-electron chi connectivity index (χ0n) is 18.1. The molecule has 0 aliphatic rings. The van der Waals surface area contributed by atoms with E-state index in [0.29, 0.717) is 5.11 Å². The third-order valence-corrected chi connectivity index (χ3v) is 5.83. The van der Waals surface area contributed by atoms with E-state index in [1.807, 2.05) is 96.9 Å². The second-order valence-corrected chi connectivity index (χ2v) is 8.07. The Labute approximate surface area is 198 Å². The molecule has 1 heterocycles. The highest BCUT2D eigenvalue weighted by Crippen LogP contribution is 2.31. The first kappa shape index (κ1) is 20.8. The van der Waals surface area contributed by atoms with E-state index in [1.54, 1.807) is 0 Å². The molecule has 1 N–H and O–H groups in total. The number of para-hydroxylation sites is 1. The van der Waals surface area contributed by atoms with Crippen LogP contribution in [0.25, 0.3) is 33.5 Å². The Bertz CT molecular complexity index is 1400. The van der Waals surface area contributed by atoms with Crippen LogP contribution in [-0.2, 0) is 0 Å². The lowest BCUT2D eigenvalue weighted by Crippen LogP contribution is -2.30. The number of nitrogens with one attached hydrogen (secondary N) is 1. The largest absolute Gasteiger partial charge is 0.332 e. The van der Waals surface area contributed by atoms with Crippen LogP contribution in [0.3, 0.4) is 0 Å². The molecule has 0 amide bonds. The molecule has 4 aromatic carbocycles. The number of nitrogens with zero attached hydrogens (tertiary/aromatic N) is 3. The van der Waals surface area contributed by atoms with E-state index in [1.165, 1.54) is 0 Å². The second-order valence-electron chi connectivity index (χ2n) is 7.68. The topological polar surface area (TPSA) is 41.0 Å². The number of benzene rings is 4. The SMILES string of the molecule is CN(C(=S)Nc1ccc2nc(-c3ccccc3)c(-c3ccccc3)nc2c1)c1ccccc1. The van der Waals surface area contributed by atoms with E-state index in [0.717, 1.165) is 44.9 Å². The summed E-state index contributed by atoms with van der Waals surface area (Å²) in [6.07, 6.45) is 0. The van der Waals surface area contributed by atoms with Gasteiger partial charge in [-0.3, -0.25) is 0 Å². The Balaban J connectivity index is 1.54. The van der Waals surface area contributed by atoms with Crippen molar-refractivity contribution in [3.63, 3.8) is 0 Å². The second kappa shape index (κ2) is 9.18. The maximum atomic E-state index is 5.63. The fourth-order valence-electron chi connectivity index (χ4n) is 3.70. The molecular weight excluding hydrogens is 424 g/mol. The van der Waals surface area contributed by atoms with Gasteiger partial charge in [0, 0.05) is 29.5 Å². The molecule has 0 saturated carbocycles. The standard InChI is InChI=1S/C28H22N4S/c1-32(23-15-9-4-10-16-23)28(33)29-22-17-18-24-25(19-22)31-27(21-13-7-3-8-14-21)26(30-24)20-11-5-2-6-12-20/h2-19H,1H3,(H,29,33). The predicted octanol–water partition coefficient (Wildman–Crippen LogP) is 6.80. The Morgan fingerprint density at radius 3 is 1.76 bits per heavy atom. The van der Waals surface area contributed by atoms with E-state index in [-0.39, 0.29) is 0 Å². The van der Waals surface area contributed by atoms with Crippen molar-refractivity contribution in [2.45, 2.75) is 0 Å². The summed E-state index contributed by atoms with van der Waals surface area (Å²) >= 11 is 5.63. The van der Waals surface area contributed by atoms with E-state index < -0.39 is 0 Å². The molecular formula is C28H22N4S. The fourth-order valence-corrected chi connectivity index (χ4v) is 3.93. The van der Waals surface area contributed by atoms with Gasteiger partial charge in [-0.1, -0.05) is 78.9 Å². The summed E-state index contributed by atoms with van der Waals surface area (Å²) in [6.45, 7) is 0. The van der Waals surface area contributed by atoms with Crippen molar-refractivity contribution < 1.29 is 0 Å². The van der Waals surface area contributed by atoms with Gasteiger partial charge in [-0.15, -0.1) is 0 Å². The number of fused-ring (bicyclic) bond motifs is 1. The van der Waals surface area contributed by atoms with Crippen molar-refractivity contribution in [3.8, 4) is 22.5 Å². The molecule has 4 nitrogen and oxygen atoms in total. The maximum absolute atomic E-state index is 5.63. The summed E-state index contributed by atoms with van der Waals surface area (Å²) in [4.78, 5) is 12.0. The number of anilines is 2. The van der Waals surface area contributed by atoms with Crippen LogP contribution in [0.15, 0.2) is 109 Å². The summed E-state index contributed by atoms with van der Waals surface area (Å²) < 4.78 is 0. The van der Waals surface area contributed by atoms with Crippen LogP contribution in [0.5, 0.6) is 0 Å². The van der Waals surface area contributed by atoms with Crippen LogP contribution >= 0.6 is 12.2 Å². The monoisotopic (exact) mass is 446 g/mol. The average Bonchev–Trinajstić information content (AvgIpc) is 2.89. The van der Waals surface area contributed by atoms with Crippen LogP contribution < -0.4 is 10.2 Å². The van der Waals surface area contributed by atoms with Gasteiger partial charge in [-0.2, -0.15) is 0 Å². The van der Waals surface area contributed by atoms with Crippen LogP contribution in [0.2, 0.25) is 0 Å². The number of rotatable bonds is 4. The first-order valence-electron chi connectivity index (χ1n) is 10.7. The highest BCUT2D eigenvalue weighted by atomic mass is 32.1. The van der Waals surface area contributed by atoms with Crippen LogP contribution in [0.4, 0.5) is 11.4 Å². The summed E-state index contributed by atoms with van der Waals surface area (Å²) in [5.41, 5.74) is 7.34. The van der Waals surface area contributed by atoms with Crippen LogP contribution in [0.1, 0.15) is 0 Å². The molecule has 0 spiro atoms. The molecule has 1 aromatic heterocycles. The van der Waals surface area contributed by atoms with Gasteiger partial charge < -0.3 is 10.2 Å². The van der Waals surface area contributed by atoms with Gasteiger partial charge in [-0.25, -0.2) is 9.97 Å². The maximum Gasteiger partial charge on any atom is 0.177 e. The van der Waals surface area contributed by atoms with E-state index in [4.69, 9.17) is 22.2 Å². The zero-order valence-corrected chi connectivity index (χ0v) is 19.0. The summed E-state index contributed by atoms with van der Waals surface area (Å²) in [7, 11) is 1.95. The number of thiocarbonyl (C=S) groups is 1. The molecule has 0 radical (unpaired) electrons. The molecule has 160 valence electrons. The lowest BCUT2D eigenvalue weighted by atomic mass is 10.0. The molecule has 5 rings (SSSR count). The Morgan fingerprint density at radius 1 is 0.667 bits per heavy atom. The van der Waals surface area contributed by atoms with E-state index >= 15 is 0 Å². The molecule has 5 aromatic rings. The smallest absolute Gasteiger partial charge is 0.177 e. The third-order valence-electron chi connectivity index (χ3n) is 5.46. The Hall–Kier alpha value is -4.09. The van der Waals surface area contributed by atoms with Gasteiger partial charge in [0.1, 0.15) is 0 Å². The lowest BCUT2D eigenvalue weighted by molar-refractivity contribution is 1.27. The van der Waals surface area contributed by atoms with Gasteiger partial charge in [-0.05, 0) is 42.5 Å². The van der Waals surface area contributed by atoms with E-state index in [9.17, 15) is 0 Å². The highest BCUT2D eigenvalue weighted by molar-refractivity contribution is 7.80. The van der Waals surface area contributed by atoms with Crippen molar-refractivity contribution in [2.24, 2.45) is 0 Å². The molecule has 0 saturated heterocycles. The van der Waals surface area contributed by atoms with Crippen LogP contribution in [0, 0.1) is 0 Å². The van der Waals surface area contributed by atoms with Crippen molar-refractivity contribution in [1.29, 1.82) is 0 Å². The molecule has 0 atom stereocenters. The predicted molar refractivity (Wildman–Crippen MR) is 141 cm³/mol. The Morgan fingerprint density at radius 2 is 1.18 bits per heavy atom. The van der Waals surface area contributed by atoms with Crippen molar-refractivity contribution >= 4 is 39.7 Å². The molecule has 0 unspecified atom stereocenters. The number of aromatic nitrogens is 2. The summed E-state index contributed by atoms with van der Waals surface area (Å²) in [5, 5.41) is 3.94. The minimum absolute atomic E-state index is 0.609. The van der Waals surface area contributed by atoms with Gasteiger partial charge >= 0.3 is 0 Å². The van der Waals surface area contributed by atoms with Gasteiger partial charge in [0.05, 0.1) is 22.4 Å². The first-order chi connectivity index (χ1) is 16.2. The quantitative estimate of drug-likeness (QED) is 0.308. The van der Waals surface area contributed by atoms with Crippen molar-refractivity contribution in [2.75, 3.05) is 17.3 Å². The van der Waals surface area contributed by atoms with E-state index in [2.05, 4.69) is 29.6 Å². The fraction of sp³-hybridized carbons (Fsp3) is 0.0357.